The molecule has 0 aliphatic carbocycles. The maximum absolute atomic E-state index is 11.9. The molecule has 130 valence electrons. The van der Waals surface area contributed by atoms with E-state index in [9.17, 15) is 4.79 Å². The maximum Gasteiger partial charge on any atom is 0.224 e. The van der Waals surface area contributed by atoms with Crippen LogP contribution in [0, 0.1) is 5.92 Å². The molecule has 0 radical (unpaired) electrons. The van der Waals surface area contributed by atoms with Gasteiger partial charge in [0.15, 0.2) is 0 Å². The highest BCUT2D eigenvalue weighted by molar-refractivity contribution is 5.85. The first-order chi connectivity index (χ1) is 11.0. The van der Waals surface area contributed by atoms with Crippen LogP contribution in [0.2, 0.25) is 0 Å². The molecule has 2 unspecified atom stereocenters. The number of halogens is 1. The average Bonchev–Trinajstić information content (AvgIpc) is 2.59. The van der Waals surface area contributed by atoms with Crippen molar-refractivity contribution in [2.45, 2.75) is 26.4 Å². The molecule has 0 saturated heterocycles. The van der Waals surface area contributed by atoms with Crippen LogP contribution in [0.4, 0.5) is 0 Å². The minimum Gasteiger partial charge on any atom is -0.497 e. The molecule has 0 spiro atoms. The number of rotatable bonds is 6. The molecular weight excluding hydrogens is 324 g/mol. The standard InChI is InChI=1S/C19H24N2O2.ClH/c1-13(14(2)20)19(22)21-12-15-7-9-16(10-8-15)17-5-4-6-18(11-17)23-3;/h4-11,13-14H,12,20H2,1-3H3,(H,21,22);1H. The van der Waals surface area contributed by atoms with Crippen LogP contribution < -0.4 is 15.8 Å². The van der Waals surface area contributed by atoms with E-state index in [-0.39, 0.29) is 30.3 Å². The first-order valence-electron chi connectivity index (χ1n) is 7.78. The van der Waals surface area contributed by atoms with Gasteiger partial charge in [-0.15, -0.1) is 12.4 Å². The Bertz CT molecular complexity index is 657. The third-order valence-corrected chi connectivity index (χ3v) is 4.03. The molecule has 0 aromatic heterocycles. The summed E-state index contributed by atoms with van der Waals surface area (Å²) in [7, 11) is 1.66. The topological polar surface area (TPSA) is 64.3 Å². The Morgan fingerprint density at radius 3 is 2.38 bits per heavy atom. The van der Waals surface area contributed by atoms with E-state index in [0.29, 0.717) is 6.54 Å². The van der Waals surface area contributed by atoms with Crippen LogP contribution in [0.3, 0.4) is 0 Å². The van der Waals surface area contributed by atoms with Crippen LogP contribution in [0.1, 0.15) is 19.4 Å². The van der Waals surface area contributed by atoms with Gasteiger partial charge in [0, 0.05) is 18.5 Å². The lowest BCUT2D eigenvalue weighted by Gasteiger charge is -2.15. The summed E-state index contributed by atoms with van der Waals surface area (Å²) in [6.45, 7) is 4.19. The van der Waals surface area contributed by atoms with Crippen LogP contribution in [0.25, 0.3) is 11.1 Å². The molecule has 3 N–H and O–H groups in total. The van der Waals surface area contributed by atoms with Crippen molar-refractivity contribution in [3.8, 4) is 16.9 Å². The summed E-state index contributed by atoms with van der Waals surface area (Å²) < 4.78 is 5.25. The van der Waals surface area contributed by atoms with E-state index in [0.717, 1.165) is 22.4 Å². The fraction of sp³-hybridized carbons (Fsp3) is 0.316. The first kappa shape index (κ1) is 20.0. The minimum atomic E-state index is -0.189. The smallest absolute Gasteiger partial charge is 0.224 e. The molecular formula is C19H25ClN2O2. The number of benzene rings is 2. The summed E-state index contributed by atoms with van der Waals surface area (Å²) in [6.07, 6.45) is 0. The van der Waals surface area contributed by atoms with Gasteiger partial charge < -0.3 is 15.8 Å². The normalized spacial score (nSPS) is 12.7. The molecule has 0 aliphatic heterocycles. The second-order valence-corrected chi connectivity index (χ2v) is 5.79. The van der Waals surface area contributed by atoms with Gasteiger partial charge in [0.25, 0.3) is 0 Å². The zero-order valence-corrected chi connectivity index (χ0v) is 15.1. The summed E-state index contributed by atoms with van der Waals surface area (Å²) in [5, 5.41) is 2.92. The van der Waals surface area contributed by atoms with Crippen molar-refractivity contribution in [3.05, 3.63) is 54.1 Å². The third kappa shape index (κ3) is 5.25. The van der Waals surface area contributed by atoms with Crippen molar-refractivity contribution < 1.29 is 9.53 Å². The highest BCUT2D eigenvalue weighted by Gasteiger charge is 2.16. The van der Waals surface area contributed by atoms with Crippen molar-refractivity contribution in [2.24, 2.45) is 11.7 Å². The predicted octanol–water partition coefficient (Wildman–Crippen LogP) is 3.38. The first-order valence-corrected chi connectivity index (χ1v) is 7.78. The van der Waals surface area contributed by atoms with E-state index in [1.54, 1.807) is 7.11 Å². The zero-order chi connectivity index (χ0) is 16.8. The van der Waals surface area contributed by atoms with Crippen molar-refractivity contribution in [3.63, 3.8) is 0 Å². The molecule has 0 bridgehead atoms. The molecule has 0 saturated carbocycles. The Labute approximate surface area is 149 Å². The van der Waals surface area contributed by atoms with E-state index >= 15 is 0 Å². The Balaban J connectivity index is 0.00000288. The molecule has 4 nitrogen and oxygen atoms in total. The number of amides is 1. The number of methoxy groups -OCH3 is 1. The average molecular weight is 349 g/mol. The summed E-state index contributed by atoms with van der Waals surface area (Å²) in [5.41, 5.74) is 9.02. The van der Waals surface area contributed by atoms with Gasteiger partial charge >= 0.3 is 0 Å². The number of carbonyl (C=O) groups is 1. The van der Waals surface area contributed by atoms with Crippen LogP contribution in [-0.4, -0.2) is 19.1 Å². The molecule has 2 aromatic carbocycles. The largest absolute Gasteiger partial charge is 0.497 e. The number of hydrogen-bond acceptors (Lipinski definition) is 3. The Morgan fingerprint density at radius 2 is 1.79 bits per heavy atom. The zero-order valence-electron chi connectivity index (χ0n) is 14.3. The monoisotopic (exact) mass is 348 g/mol. The van der Waals surface area contributed by atoms with E-state index in [4.69, 9.17) is 10.5 Å². The Kier molecular flexibility index (Phi) is 7.75. The Hall–Kier alpha value is -2.04. The highest BCUT2D eigenvalue weighted by Crippen LogP contribution is 2.24. The maximum atomic E-state index is 11.9. The van der Waals surface area contributed by atoms with E-state index in [2.05, 4.69) is 5.32 Å². The lowest BCUT2D eigenvalue weighted by atomic mass is 10.0. The number of nitrogens with two attached hydrogens (primary N) is 1. The summed E-state index contributed by atoms with van der Waals surface area (Å²) in [6, 6.07) is 15.9. The van der Waals surface area contributed by atoms with Crippen LogP contribution >= 0.6 is 12.4 Å². The van der Waals surface area contributed by atoms with Gasteiger partial charge in [0.05, 0.1) is 7.11 Å². The molecule has 0 aliphatic rings. The van der Waals surface area contributed by atoms with Gasteiger partial charge in [-0.1, -0.05) is 43.3 Å². The molecule has 2 atom stereocenters. The summed E-state index contributed by atoms with van der Waals surface area (Å²) >= 11 is 0. The quantitative estimate of drug-likeness (QED) is 0.841. The van der Waals surface area contributed by atoms with Crippen LogP contribution in [0.5, 0.6) is 5.75 Å². The summed E-state index contributed by atoms with van der Waals surface area (Å²) in [4.78, 5) is 11.9. The van der Waals surface area contributed by atoms with Gasteiger partial charge in [-0.05, 0) is 35.7 Å². The van der Waals surface area contributed by atoms with Gasteiger partial charge in [0.2, 0.25) is 5.91 Å². The predicted molar refractivity (Wildman–Crippen MR) is 100 cm³/mol. The van der Waals surface area contributed by atoms with Crippen LogP contribution in [-0.2, 0) is 11.3 Å². The van der Waals surface area contributed by atoms with Crippen molar-refractivity contribution in [2.75, 3.05) is 7.11 Å². The molecule has 24 heavy (non-hydrogen) atoms. The second-order valence-electron chi connectivity index (χ2n) is 5.79. The van der Waals surface area contributed by atoms with E-state index in [1.807, 2.05) is 62.4 Å². The second kappa shape index (κ2) is 9.30. The van der Waals surface area contributed by atoms with E-state index < -0.39 is 0 Å². The molecule has 1 amide bonds. The van der Waals surface area contributed by atoms with Gasteiger partial charge in [-0.2, -0.15) is 0 Å². The number of ether oxygens (including phenoxy) is 1. The van der Waals surface area contributed by atoms with Crippen molar-refractivity contribution in [1.82, 2.24) is 5.32 Å². The fourth-order valence-corrected chi connectivity index (χ4v) is 2.21. The van der Waals surface area contributed by atoms with Gasteiger partial charge in [0.1, 0.15) is 5.75 Å². The number of nitrogens with one attached hydrogen (secondary N) is 1. The lowest BCUT2D eigenvalue weighted by molar-refractivity contribution is -0.125. The molecule has 5 heteroatoms. The molecule has 0 fully saturated rings. The lowest BCUT2D eigenvalue weighted by Crippen LogP contribution is -2.38. The highest BCUT2D eigenvalue weighted by atomic mass is 35.5. The summed E-state index contributed by atoms with van der Waals surface area (Å²) in [5.74, 6) is 0.631. The van der Waals surface area contributed by atoms with Crippen LogP contribution in [0.15, 0.2) is 48.5 Å². The van der Waals surface area contributed by atoms with Crippen molar-refractivity contribution >= 4 is 18.3 Å². The SMILES string of the molecule is COc1cccc(-c2ccc(CNC(=O)C(C)C(C)N)cc2)c1.Cl. The number of hydrogen-bond donors (Lipinski definition) is 2. The Morgan fingerprint density at radius 1 is 1.12 bits per heavy atom. The minimum absolute atomic E-state index is 0. The van der Waals surface area contributed by atoms with Gasteiger partial charge in [-0.25, -0.2) is 0 Å². The third-order valence-electron chi connectivity index (χ3n) is 4.03. The number of carbonyl (C=O) groups excluding carboxylic acids is 1. The fourth-order valence-electron chi connectivity index (χ4n) is 2.21. The molecule has 2 aromatic rings. The van der Waals surface area contributed by atoms with Crippen molar-refractivity contribution in [1.29, 1.82) is 0 Å². The van der Waals surface area contributed by atoms with Gasteiger partial charge in [-0.3, -0.25) is 4.79 Å². The van der Waals surface area contributed by atoms with E-state index in [1.165, 1.54) is 0 Å². The molecule has 0 heterocycles. The molecule has 2 rings (SSSR count).